The zero-order valence-corrected chi connectivity index (χ0v) is 7.30. The van der Waals surface area contributed by atoms with Crippen molar-refractivity contribution in [3.63, 3.8) is 0 Å². The third-order valence-corrected chi connectivity index (χ3v) is 2.19. The number of hydrogen-bond donors (Lipinski definition) is 0. The highest BCUT2D eigenvalue weighted by Crippen LogP contribution is 2.29. The van der Waals surface area contributed by atoms with Crippen LogP contribution < -0.4 is 0 Å². The summed E-state index contributed by atoms with van der Waals surface area (Å²) in [6, 6.07) is 0. The Morgan fingerprint density at radius 2 is 1.91 bits per heavy atom. The van der Waals surface area contributed by atoms with Crippen molar-refractivity contribution >= 4 is 5.97 Å². The Morgan fingerprint density at radius 3 is 2.36 bits per heavy atom. The molecule has 11 heavy (non-hydrogen) atoms. The Bertz CT molecular complexity index is 142. The number of rotatable bonds is 4. The van der Waals surface area contributed by atoms with Crippen LogP contribution in [0.25, 0.3) is 0 Å². The van der Waals surface area contributed by atoms with Crippen molar-refractivity contribution in [2.75, 3.05) is 0 Å². The number of hydrogen-bond acceptors (Lipinski definition) is 2. The minimum absolute atomic E-state index is 0.0188. The second-order valence-electron chi connectivity index (χ2n) is 3.16. The zero-order chi connectivity index (χ0) is 8.27. The molecule has 64 valence electrons. The van der Waals surface area contributed by atoms with Gasteiger partial charge < -0.3 is 4.74 Å². The molecule has 1 saturated heterocycles. The molecule has 1 rings (SSSR count). The fourth-order valence-corrected chi connectivity index (χ4v) is 1.56. The molecule has 0 aromatic rings. The highest BCUT2D eigenvalue weighted by molar-refractivity contribution is 5.78. The van der Waals surface area contributed by atoms with Crippen molar-refractivity contribution in [2.45, 2.75) is 45.6 Å². The van der Waals surface area contributed by atoms with E-state index in [2.05, 4.69) is 13.8 Å². The van der Waals surface area contributed by atoms with Crippen LogP contribution in [0, 0.1) is 5.92 Å². The number of carbonyl (C=O) groups is 1. The summed E-state index contributed by atoms with van der Waals surface area (Å²) in [6.45, 7) is 4.23. The summed E-state index contributed by atoms with van der Waals surface area (Å²) in [6.07, 6.45) is 4.48. The van der Waals surface area contributed by atoms with Gasteiger partial charge in [-0.05, 0) is 12.8 Å². The fourth-order valence-electron chi connectivity index (χ4n) is 1.56. The molecule has 0 saturated carbocycles. The molecule has 2 heteroatoms. The first-order chi connectivity index (χ1) is 5.29. The molecule has 1 aliphatic heterocycles. The molecule has 0 bridgehead atoms. The first-order valence-electron chi connectivity index (χ1n) is 4.50. The molecule has 0 aromatic carbocycles. The van der Waals surface area contributed by atoms with Crippen molar-refractivity contribution in [3.8, 4) is 0 Å². The summed E-state index contributed by atoms with van der Waals surface area (Å²) in [4.78, 5) is 10.9. The summed E-state index contributed by atoms with van der Waals surface area (Å²) >= 11 is 0. The van der Waals surface area contributed by atoms with E-state index >= 15 is 0 Å². The average Bonchev–Trinajstić information content (AvgIpc) is 2.00. The van der Waals surface area contributed by atoms with Crippen LogP contribution in [0.5, 0.6) is 0 Å². The maximum Gasteiger partial charge on any atom is 0.313 e. The minimum Gasteiger partial charge on any atom is -0.461 e. The zero-order valence-electron chi connectivity index (χ0n) is 7.30. The maximum absolute atomic E-state index is 10.9. The summed E-state index contributed by atoms with van der Waals surface area (Å²) in [5.74, 6) is 0.241. The SMILES string of the molecule is CCCC1C(=O)O[C@@H]1CCC. The van der Waals surface area contributed by atoms with Gasteiger partial charge in [-0.1, -0.05) is 26.7 Å². The molecular formula is C9H16O2. The first-order valence-corrected chi connectivity index (χ1v) is 4.50. The Labute approximate surface area is 67.9 Å². The molecule has 1 heterocycles. The Hall–Kier alpha value is -0.530. The van der Waals surface area contributed by atoms with E-state index in [0.29, 0.717) is 0 Å². The first kappa shape index (κ1) is 8.57. The molecule has 0 aliphatic carbocycles. The van der Waals surface area contributed by atoms with E-state index in [1.165, 1.54) is 0 Å². The third-order valence-electron chi connectivity index (χ3n) is 2.19. The fraction of sp³-hybridized carbons (Fsp3) is 0.889. The van der Waals surface area contributed by atoms with Gasteiger partial charge in [-0.3, -0.25) is 4.79 Å². The lowest BCUT2D eigenvalue weighted by molar-refractivity contribution is -0.185. The highest BCUT2D eigenvalue weighted by Gasteiger charge is 2.40. The second-order valence-corrected chi connectivity index (χ2v) is 3.16. The van der Waals surface area contributed by atoms with E-state index in [1.807, 2.05) is 0 Å². The van der Waals surface area contributed by atoms with Gasteiger partial charge in [0.2, 0.25) is 0 Å². The second kappa shape index (κ2) is 3.74. The number of esters is 1. The molecule has 0 spiro atoms. The van der Waals surface area contributed by atoms with E-state index in [4.69, 9.17) is 4.74 Å². The summed E-state index contributed by atoms with van der Waals surface area (Å²) in [5.41, 5.74) is 0. The van der Waals surface area contributed by atoms with Gasteiger partial charge in [0.25, 0.3) is 0 Å². The van der Waals surface area contributed by atoms with Crippen molar-refractivity contribution in [2.24, 2.45) is 5.92 Å². The predicted octanol–water partition coefficient (Wildman–Crippen LogP) is 2.13. The van der Waals surface area contributed by atoms with Crippen LogP contribution >= 0.6 is 0 Å². The molecule has 1 aliphatic rings. The van der Waals surface area contributed by atoms with Gasteiger partial charge in [-0.2, -0.15) is 0 Å². The largest absolute Gasteiger partial charge is 0.461 e. The van der Waals surface area contributed by atoms with Gasteiger partial charge in [-0.15, -0.1) is 0 Å². The summed E-state index contributed by atoms with van der Waals surface area (Å²) in [7, 11) is 0. The monoisotopic (exact) mass is 156 g/mol. The smallest absolute Gasteiger partial charge is 0.313 e. The normalized spacial score (nSPS) is 29.5. The Kier molecular flexibility index (Phi) is 2.92. The molecule has 0 N–H and O–H groups in total. The standard InChI is InChI=1S/C9H16O2/c1-3-5-7-8(6-4-2)11-9(7)10/h7-8H,3-6H2,1-2H3/t7?,8-/m1/s1. The highest BCUT2D eigenvalue weighted by atomic mass is 16.6. The van der Waals surface area contributed by atoms with Gasteiger partial charge >= 0.3 is 5.97 Å². The lowest BCUT2D eigenvalue weighted by Crippen LogP contribution is -2.44. The molecule has 0 radical (unpaired) electrons. The van der Waals surface area contributed by atoms with Gasteiger partial charge in [-0.25, -0.2) is 0 Å². The van der Waals surface area contributed by atoms with E-state index in [-0.39, 0.29) is 18.0 Å². The summed E-state index contributed by atoms with van der Waals surface area (Å²) in [5, 5.41) is 0. The van der Waals surface area contributed by atoms with Crippen LogP contribution in [0.2, 0.25) is 0 Å². The molecule has 0 amide bonds. The van der Waals surface area contributed by atoms with Crippen molar-refractivity contribution in [1.29, 1.82) is 0 Å². The molecule has 1 unspecified atom stereocenters. The Morgan fingerprint density at radius 1 is 1.27 bits per heavy atom. The maximum atomic E-state index is 10.9. The van der Waals surface area contributed by atoms with E-state index < -0.39 is 0 Å². The molecule has 2 atom stereocenters. The topological polar surface area (TPSA) is 26.3 Å². The number of carbonyl (C=O) groups excluding carboxylic acids is 1. The lowest BCUT2D eigenvalue weighted by atomic mass is 9.89. The summed E-state index contributed by atoms with van der Waals surface area (Å²) < 4.78 is 5.01. The van der Waals surface area contributed by atoms with E-state index in [9.17, 15) is 4.79 Å². The molecule has 1 fully saturated rings. The van der Waals surface area contributed by atoms with Gasteiger partial charge in [0.15, 0.2) is 0 Å². The molecule has 2 nitrogen and oxygen atoms in total. The van der Waals surface area contributed by atoms with Crippen LogP contribution in [0.1, 0.15) is 39.5 Å². The van der Waals surface area contributed by atoms with E-state index in [0.717, 1.165) is 25.7 Å². The lowest BCUT2D eigenvalue weighted by Gasteiger charge is -2.34. The van der Waals surface area contributed by atoms with Crippen LogP contribution in [0.15, 0.2) is 0 Å². The van der Waals surface area contributed by atoms with Gasteiger partial charge in [0.1, 0.15) is 6.10 Å². The number of ether oxygens (including phenoxy) is 1. The van der Waals surface area contributed by atoms with Gasteiger partial charge in [0, 0.05) is 0 Å². The van der Waals surface area contributed by atoms with Crippen LogP contribution in [0.4, 0.5) is 0 Å². The van der Waals surface area contributed by atoms with Crippen molar-refractivity contribution in [1.82, 2.24) is 0 Å². The number of cyclic esters (lactones) is 1. The minimum atomic E-state index is 0.0188. The van der Waals surface area contributed by atoms with Crippen molar-refractivity contribution < 1.29 is 9.53 Å². The van der Waals surface area contributed by atoms with Crippen LogP contribution in [-0.2, 0) is 9.53 Å². The quantitative estimate of drug-likeness (QED) is 0.583. The Balaban J connectivity index is 2.29. The molecule has 0 aromatic heterocycles. The van der Waals surface area contributed by atoms with Crippen LogP contribution in [0.3, 0.4) is 0 Å². The van der Waals surface area contributed by atoms with E-state index in [1.54, 1.807) is 0 Å². The molecular weight excluding hydrogens is 140 g/mol. The van der Waals surface area contributed by atoms with Gasteiger partial charge in [0.05, 0.1) is 5.92 Å². The average molecular weight is 156 g/mol. The van der Waals surface area contributed by atoms with Crippen molar-refractivity contribution in [3.05, 3.63) is 0 Å². The third kappa shape index (κ3) is 1.73. The van der Waals surface area contributed by atoms with Crippen LogP contribution in [-0.4, -0.2) is 12.1 Å². The predicted molar refractivity (Wildman–Crippen MR) is 43.2 cm³/mol.